The van der Waals surface area contributed by atoms with E-state index in [0.29, 0.717) is 0 Å². The lowest BCUT2D eigenvalue weighted by atomic mass is 9.91. The first kappa shape index (κ1) is 19.5. The zero-order valence-corrected chi connectivity index (χ0v) is 14.8. The molecular formula is C17H25NO6S. The molecule has 1 aliphatic carbocycles. The van der Waals surface area contributed by atoms with Crippen molar-refractivity contribution in [2.45, 2.75) is 49.5 Å². The molecule has 2 rings (SSSR count). The predicted molar refractivity (Wildman–Crippen MR) is 92.3 cm³/mol. The van der Waals surface area contributed by atoms with Crippen LogP contribution >= 0.6 is 0 Å². The summed E-state index contributed by atoms with van der Waals surface area (Å²) in [4.78, 5) is 10.5. The summed E-state index contributed by atoms with van der Waals surface area (Å²) in [6.07, 6.45) is 2.74. The Labute approximate surface area is 147 Å². The third kappa shape index (κ3) is 5.61. The standard InChI is InChI=1S/C17H25NO6S/c19-15-7-6-13(10-14(15)16(20)8-9-18-17(21)22)25(23,24)11-12-4-2-1-3-5-12/h6-7,10,12,16,18-20H,1-5,8-9,11H2,(H,21,22). The van der Waals surface area contributed by atoms with Gasteiger partial charge < -0.3 is 20.6 Å². The summed E-state index contributed by atoms with van der Waals surface area (Å²) < 4.78 is 25.3. The number of aliphatic hydroxyl groups excluding tert-OH is 1. The molecule has 7 nitrogen and oxygen atoms in total. The van der Waals surface area contributed by atoms with Crippen LogP contribution in [-0.2, 0) is 9.84 Å². The number of phenolic OH excluding ortho intramolecular Hbond substituents is 1. The molecule has 0 saturated heterocycles. The molecule has 0 aromatic heterocycles. The number of carboxylic acid groups (broad SMARTS) is 1. The maximum Gasteiger partial charge on any atom is 0.404 e. The number of amides is 1. The molecule has 1 aliphatic rings. The number of hydrogen-bond donors (Lipinski definition) is 4. The number of aliphatic hydroxyl groups is 1. The number of aromatic hydroxyl groups is 1. The molecule has 1 saturated carbocycles. The predicted octanol–water partition coefficient (Wildman–Crippen LogP) is 2.44. The molecule has 1 aromatic rings. The van der Waals surface area contributed by atoms with Crippen LogP contribution in [0.3, 0.4) is 0 Å². The first-order valence-electron chi connectivity index (χ1n) is 8.50. The first-order chi connectivity index (χ1) is 11.8. The minimum absolute atomic E-state index is 0.00497. The number of hydrogen-bond acceptors (Lipinski definition) is 5. The summed E-state index contributed by atoms with van der Waals surface area (Å²) in [6, 6.07) is 3.90. The van der Waals surface area contributed by atoms with Gasteiger partial charge in [-0.3, -0.25) is 0 Å². The van der Waals surface area contributed by atoms with Gasteiger partial charge in [0.05, 0.1) is 16.8 Å². The van der Waals surface area contributed by atoms with Crippen molar-refractivity contribution in [1.82, 2.24) is 5.32 Å². The number of phenols is 1. The minimum atomic E-state index is -3.50. The van der Waals surface area contributed by atoms with Crippen molar-refractivity contribution in [2.75, 3.05) is 12.3 Å². The maximum absolute atomic E-state index is 12.6. The van der Waals surface area contributed by atoms with Crippen molar-refractivity contribution in [2.24, 2.45) is 5.92 Å². The molecule has 0 radical (unpaired) electrons. The Morgan fingerprint density at radius 2 is 1.92 bits per heavy atom. The number of benzene rings is 1. The highest BCUT2D eigenvalue weighted by Gasteiger charge is 2.24. The third-order valence-corrected chi connectivity index (χ3v) is 6.47. The Hall–Kier alpha value is -1.80. The van der Waals surface area contributed by atoms with E-state index in [9.17, 15) is 23.4 Å². The third-order valence-electron chi connectivity index (χ3n) is 4.59. The number of carbonyl (C=O) groups is 1. The fourth-order valence-electron chi connectivity index (χ4n) is 3.22. The Kier molecular flexibility index (Phi) is 6.66. The van der Waals surface area contributed by atoms with E-state index in [1.807, 2.05) is 0 Å². The van der Waals surface area contributed by atoms with Crippen LogP contribution in [0.2, 0.25) is 0 Å². The summed E-state index contributed by atoms with van der Waals surface area (Å²) in [5.41, 5.74) is 0.0944. The second-order valence-electron chi connectivity index (χ2n) is 6.54. The zero-order chi connectivity index (χ0) is 18.4. The van der Waals surface area contributed by atoms with Crippen LogP contribution in [-0.4, -0.2) is 42.1 Å². The second kappa shape index (κ2) is 8.53. The number of sulfone groups is 1. The highest BCUT2D eigenvalue weighted by Crippen LogP contribution is 2.31. The van der Waals surface area contributed by atoms with Gasteiger partial charge in [-0.15, -0.1) is 0 Å². The van der Waals surface area contributed by atoms with E-state index >= 15 is 0 Å². The van der Waals surface area contributed by atoms with Crippen molar-refractivity contribution in [3.05, 3.63) is 23.8 Å². The van der Waals surface area contributed by atoms with E-state index in [2.05, 4.69) is 5.32 Å². The maximum atomic E-state index is 12.6. The van der Waals surface area contributed by atoms with Crippen LogP contribution in [0.25, 0.3) is 0 Å². The highest BCUT2D eigenvalue weighted by atomic mass is 32.2. The van der Waals surface area contributed by atoms with Gasteiger partial charge in [0.1, 0.15) is 5.75 Å². The molecule has 1 unspecified atom stereocenters. The fraction of sp³-hybridized carbons (Fsp3) is 0.588. The smallest absolute Gasteiger partial charge is 0.404 e. The zero-order valence-electron chi connectivity index (χ0n) is 14.0. The number of nitrogens with one attached hydrogen (secondary N) is 1. The summed E-state index contributed by atoms with van der Waals surface area (Å²) in [6.45, 7) is -0.00497. The van der Waals surface area contributed by atoms with Crippen molar-refractivity contribution in [3.63, 3.8) is 0 Å². The fourth-order valence-corrected chi connectivity index (χ4v) is 4.95. The van der Waals surface area contributed by atoms with Gasteiger partial charge in [-0.25, -0.2) is 13.2 Å². The summed E-state index contributed by atoms with van der Waals surface area (Å²) >= 11 is 0. The average Bonchev–Trinajstić information content (AvgIpc) is 2.55. The van der Waals surface area contributed by atoms with Crippen molar-refractivity contribution >= 4 is 15.9 Å². The van der Waals surface area contributed by atoms with E-state index < -0.39 is 22.0 Å². The Morgan fingerprint density at radius 1 is 1.24 bits per heavy atom. The SMILES string of the molecule is O=C(O)NCCC(O)c1cc(S(=O)(=O)CC2CCCCC2)ccc1O. The quantitative estimate of drug-likeness (QED) is 0.583. The second-order valence-corrected chi connectivity index (χ2v) is 8.58. The Morgan fingerprint density at radius 3 is 2.56 bits per heavy atom. The van der Waals surface area contributed by atoms with Gasteiger partial charge in [0.15, 0.2) is 9.84 Å². The molecule has 0 spiro atoms. The van der Waals surface area contributed by atoms with Gasteiger partial charge in [0.2, 0.25) is 0 Å². The van der Waals surface area contributed by atoms with Crippen LogP contribution in [0.4, 0.5) is 4.79 Å². The number of rotatable bonds is 7. The molecule has 0 aliphatic heterocycles. The molecule has 0 bridgehead atoms. The topological polar surface area (TPSA) is 124 Å². The lowest BCUT2D eigenvalue weighted by Crippen LogP contribution is -2.23. The molecule has 0 heterocycles. The molecule has 1 fully saturated rings. The molecule has 4 N–H and O–H groups in total. The summed E-state index contributed by atoms with van der Waals surface area (Å²) in [5, 5.41) is 30.7. The van der Waals surface area contributed by atoms with Crippen molar-refractivity contribution < 1.29 is 28.5 Å². The van der Waals surface area contributed by atoms with Gasteiger partial charge in [0, 0.05) is 12.1 Å². The van der Waals surface area contributed by atoms with E-state index in [1.54, 1.807) is 0 Å². The molecule has 25 heavy (non-hydrogen) atoms. The normalized spacial score (nSPS) is 17.2. The molecule has 8 heteroatoms. The molecule has 1 amide bonds. The molecular weight excluding hydrogens is 346 g/mol. The molecule has 1 aromatic carbocycles. The minimum Gasteiger partial charge on any atom is -0.508 e. The lowest BCUT2D eigenvalue weighted by molar-refractivity contribution is 0.159. The van der Waals surface area contributed by atoms with Crippen LogP contribution in [0.5, 0.6) is 5.75 Å². The van der Waals surface area contributed by atoms with E-state index in [0.717, 1.165) is 32.1 Å². The van der Waals surface area contributed by atoms with E-state index in [4.69, 9.17) is 5.11 Å². The Bertz CT molecular complexity index is 697. The van der Waals surface area contributed by atoms with Crippen LogP contribution < -0.4 is 5.32 Å². The van der Waals surface area contributed by atoms with Gasteiger partial charge in [-0.2, -0.15) is 0 Å². The summed E-state index contributed by atoms with van der Waals surface area (Å²) in [5.74, 6) is 0.0218. The monoisotopic (exact) mass is 371 g/mol. The average molecular weight is 371 g/mol. The van der Waals surface area contributed by atoms with Crippen molar-refractivity contribution in [1.29, 1.82) is 0 Å². The molecule has 140 valence electrons. The van der Waals surface area contributed by atoms with Gasteiger partial charge in [-0.1, -0.05) is 19.3 Å². The van der Waals surface area contributed by atoms with E-state index in [1.165, 1.54) is 18.2 Å². The van der Waals surface area contributed by atoms with E-state index in [-0.39, 0.29) is 40.8 Å². The largest absolute Gasteiger partial charge is 0.508 e. The summed E-state index contributed by atoms with van der Waals surface area (Å²) in [7, 11) is -3.50. The van der Waals surface area contributed by atoms with Crippen LogP contribution in [0, 0.1) is 5.92 Å². The van der Waals surface area contributed by atoms with Gasteiger partial charge >= 0.3 is 6.09 Å². The van der Waals surface area contributed by atoms with Gasteiger partial charge in [-0.05, 0) is 43.4 Å². The van der Waals surface area contributed by atoms with Crippen LogP contribution in [0.1, 0.15) is 50.2 Å². The highest BCUT2D eigenvalue weighted by molar-refractivity contribution is 7.91. The lowest BCUT2D eigenvalue weighted by Gasteiger charge is -2.21. The van der Waals surface area contributed by atoms with Crippen LogP contribution in [0.15, 0.2) is 23.1 Å². The molecule has 1 atom stereocenters. The first-order valence-corrected chi connectivity index (χ1v) is 10.2. The van der Waals surface area contributed by atoms with Gasteiger partial charge in [0.25, 0.3) is 0 Å². The Balaban J connectivity index is 2.11. The van der Waals surface area contributed by atoms with Crippen molar-refractivity contribution in [3.8, 4) is 5.75 Å².